The summed E-state index contributed by atoms with van der Waals surface area (Å²) in [5.74, 6) is 1.51. The quantitative estimate of drug-likeness (QED) is 0.495. The summed E-state index contributed by atoms with van der Waals surface area (Å²) in [4.78, 5) is 0. The molecule has 0 N–H and O–H groups in total. The average molecular weight is 306 g/mol. The van der Waals surface area contributed by atoms with Gasteiger partial charge in [0.25, 0.3) is 11.7 Å². The largest absolute Gasteiger partial charge is 0.384 e. The van der Waals surface area contributed by atoms with Gasteiger partial charge in [0, 0.05) is 18.6 Å². The molecule has 0 aliphatic heterocycles. The summed E-state index contributed by atoms with van der Waals surface area (Å²) < 4.78 is 8.24. The summed E-state index contributed by atoms with van der Waals surface area (Å²) in [5.41, 5.74) is 1.84. The molecule has 9 nitrogen and oxygen atoms in total. The van der Waals surface area contributed by atoms with Crippen LogP contribution in [-0.4, -0.2) is 59.3 Å². The lowest BCUT2D eigenvalue weighted by Gasteiger charge is -2.02. The fraction of sp³-hybridized carbons (Fsp3) is 0.455. The van der Waals surface area contributed by atoms with E-state index in [1.807, 2.05) is 19.9 Å². The zero-order valence-electron chi connectivity index (χ0n) is 11.9. The van der Waals surface area contributed by atoms with Crippen LogP contribution in [0.3, 0.4) is 0 Å². The van der Waals surface area contributed by atoms with Gasteiger partial charge in [-0.3, -0.25) is 0 Å². The summed E-state index contributed by atoms with van der Waals surface area (Å²) in [7, 11) is 1.66. The van der Waals surface area contributed by atoms with E-state index in [1.54, 1.807) is 16.3 Å². The van der Waals surface area contributed by atoms with E-state index in [0.717, 1.165) is 17.1 Å². The molecule has 3 heterocycles. The van der Waals surface area contributed by atoms with Gasteiger partial charge in [0.1, 0.15) is 0 Å². The smallest absolute Gasteiger partial charge is 0.291 e. The van der Waals surface area contributed by atoms with Crippen LogP contribution in [0.1, 0.15) is 11.4 Å². The van der Waals surface area contributed by atoms with E-state index < -0.39 is 0 Å². The highest BCUT2D eigenvalue weighted by Gasteiger charge is 2.13. The number of rotatable bonds is 5. The fourth-order valence-electron chi connectivity index (χ4n) is 1.83. The first-order chi connectivity index (χ1) is 10.2. The molecule has 0 amide bonds. The number of aromatic nitrogens is 8. The van der Waals surface area contributed by atoms with Gasteiger partial charge in [0.15, 0.2) is 0 Å². The third-order valence-corrected chi connectivity index (χ3v) is 3.62. The van der Waals surface area contributed by atoms with Gasteiger partial charge in [-0.15, -0.1) is 25.5 Å². The molecule has 0 saturated carbocycles. The van der Waals surface area contributed by atoms with E-state index in [0.29, 0.717) is 23.5 Å². The van der Waals surface area contributed by atoms with Gasteiger partial charge in [-0.05, 0) is 19.9 Å². The molecular weight excluding hydrogens is 292 g/mol. The predicted molar refractivity (Wildman–Crippen MR) is 75.6 cm³/mol. The van der Waals surface area contributed by atoms with Crippen LogP contribution in [0.15, 0.2) is 11.2 Å². The Bertz CT molecular complexity index is 767. The van der Waals surface area contributed by atoms with Crippen LogP contribution in [0.4, 0.5) is 0 Å². The SMILES string of the molecule is COCCSc1nnc2nnc(-n3nc(C)cc3C)nn12. The van der Waals surface area contributed by atoms with Crippen LogP contribution in [0.25, 0.3) is 11.7 Å². The van der Waals surface area contributed by atoms with Gasteiger partial charge in [0.05, 0.1) is 12.3 Å². The normalized spacial score (nSPS) is 11.4. The highest BCUT2D eigenvalue weighted by Crippen LogP contribution is 2.15. The van der Waals surface area contributed by atoms with Crippen molar-refractivity contribution in [3.05, 3.63) is 17.5 Å². The first-order valence-electron chi connectivity index (χ1n) is 6.30. The van der Waals surface area contributed by atoms with Crippen LogP contribution < -0.4 is 0 Å². The molecule has 0 aromatic carbocycles. The molecule has 0 bridgehead atoms. The second-order valence-electron chi connectivity index (χ2n) is 4.37. The lowest BCUT2D eigenvalue weighted by molar-refractivity contribution is 0.218. The Morgan fingerprint density at radius 3 is 2.67 bits per heavy atom. The van der Waals surface area contributed by atoms with Gasteiger partial charge >= 0.3 is 0 Å². The third kappa shape index (κ3) is 2.72. The molecule has 110 valence electrons. The Balaban J connectivity index is 1.98. The Hall–Kier alpha value is -2.07. The maximum atomic E-state index is 5.02. The van der Waals surface area contributed by atoms with Crippen molar-refractivity contribution in [2.45, 2.75) is 19.0 Å². The third-order valence-electron chi connectivity index (χ3n) is 2.73. The Labute approximate surface area is 124 Å². The Morgan fingerprint density at radius 1 is 1.14 bits per heavy atom. The van der Waals surface area contributed by atoms with Crippen molar-refractivity contribution in [2.75, 3.05) is 19.5 Å². The Kier molecular flexibility index (Phi) is 3.80. The molecule has 21 heavy (non-hydrogen) atoms. The molecule has 0 spiro atoms. The van der Waals surface area contributed by atoms with E-state index in [9.17, 15) is 0 Å². The van der Waals surface area contributed by atoms with Gasteiger partial charge in [-0.2, -0.15) is 9.61 Å². The van der Waals surface area contributed by atoms with Crippen molar-refractivity contribution >= 4 is 17.5 Å². The minimum Gasteiger partial charge on any atom is -0.384 e. The van der Waals surface area contributed by atoms with Crippen LogP contribution >= 0.6 is 11.8 Å². The van der Waals surface area contributed by atoms with E-state index in [1.165, 1.54) is 11.8 Å². The molecule has 0 aliphatic carbocycles. The van der Waals surface area contributed by atoms with Crippen LogP contribution in [0.2, 0.25) is 0 Å². The number of methoxy groups -OCH3 is 1. The molecule has 0 fully saturated rings. The number of thioether (sulfide) groups is 1. The van der Waals surface area contributed by atoms with Crippen molar-refractivity contribution in [1.82, 2.24) is 39.8 Å². The van der Waals surface area contributed by atoms with E-state index in [4.69, 9.17) is 4.74 Å². The number of hydrogen-bond acceptors (Lipinski definition) is 8. The van der Waals surface area contributed by atoms with Crippen molar-refractivity contribution in [2.24, 2.45) is 0 Å². The van der Waals surface area contributed by atoms with Gasteiger partial charge in [-0.25, -0.2) is 4.68 Å². The summed E-state index contributed by atoms with van der Waals surface area (Å²) in [5, 5.41) is 25.5. The number of hydrogen-bond donors (Lipinski definition) is 0. The van der Waals surface area contributed by atoms with Crippen LogP contribution in [0, 0.1) is 13.8 Å². The van der Waals surface area contributed by atoms with Crippen molar-refractivity contribution in [3.8, 4) is 5.95 Å². The summed E-state index contributed by atoms with van der Waals surface area (Å²) >= 11 is 1.50. The molecule has 0 aliphatic rings. The first-order valence-corrected chi connectivity index (χ1v) is 7.29. The number of nitrogens with zero attached hydrogens (tertiary/aromatic N) is 8. The van der Waals surface area contributed by atoms with Crippen LogP contribution in [-0.2, 0) is 4.74 Å². The number of fused-ring (bicyclic) bond motifs is 1. The molecule has 0 saturated heterocycles. The highest BCUT2D eigenvalue weighted by atomic mass is 32.2. The van der Waals surface area contributed by atoms with Crippen molar-refractivity contribution in [3.63, 3.8) is 0 Å². The van der Waals surface area contributed by atoms with E-state index in [2.05, 4.69) is 30.6 Å². The monoisotopic (exact) mass is 306 g/mol. The molecule has 3 rings (SSSR count). The summed E-state index contributed by atoms with van der Waals surface area (Å²) in [6.45, 7) is 4.48. The molecule has 3 aromatic heterocycles. The maximum Gasteiger partial charge on any atom is 0.291 e. The molecular formula is C11H14N8OS. The predicted octanol–water partition coefficient (Wildman–Crippen LogP) is 0.455. The molecule has 10 heteroatoms. The van der Waals surface area contributed by atoms with Gasteiger partial charge in [0.2, 0.25) is 5.16 Å². The van der Waals surface area contributed by atoms with Crippen molar-refractivity contribution in [1.29, 1.82) is 0 Å². The van der Waals surface area contributed by atoms with E-state index >= 15 is 0 Å². The van der Waals surface area contributed by atoms with Gasteiger partial charge < -0.3 is 4.74 Å². The topological polar surface area (TPSA) is 95.9 Å². The van der Waals surface area contributed by atoms with E-state index in [-0.39, 0.29) is 0 Å². The molecule has 0 atom stereocenters. The zero-order chi connectivity index (χ0) is 14.8. The minimum atomic E-state index is 0.361. The molecule has 0 radical (unpaired) electrons. The molecule has 3 aromatic rings. The molecule has 0 unspecified atom stereocenters. The van der Waals surface area contributed by atoms with Crippen molar-refractivity contribution < 1.29 is 4.74 Å². The standard InChI is InChI=1S/C11H14N8OS/c1-7-6-8(2)18(16-7)10-14-12-9-13-15-11(19(9)17-10)21-5-4-20-3/h6H,4-5H2,1-3H3. The second kappa shape index (κ2) is 5.74. The van der Waals surface area contributed by atoms with Gasteiger partial charge in [-0.1, -0.05) is 11.8 Å². The maximum absolute atomic E-state index is 5.02. The summed E-state index contributed by atoms with van der Waals surface area (Å²) in [6.07, 6.45) is 0. The minimum absolute atomic E-state index is 0.361. The average Bonchev–Trinajstić information content (AvgIpc) is 3.02. The highest BCUT2D eigenvalue weighted by molar-refractivity contribution is 7.99. The first kappa shape index (κ1) is 13.9. The lowest BCUT2D eigenvalue weighted by Crippen LogP contribution is -2.10. The second-order valence-corrected chi connectivity index (χ2v) is 5.44. The zero-order valence-corrected chi connectivity index (χ0v) is 12.7. The van der Waals surface area contributed by atoms with Crippen LogP contribution in [0.5, 0.6) is 0 Å². The summed E-state index contributed by atoms with van der Waals surface area (Å²) in [6, 6.07) is 1.95. The lowest BCUT2D eigenvalue weighted by atomic mass is 10.4. The fourth-order valence-corrected chi connectivity index (χ4v) is 2.60. The Morgan fingerprint density at radius 2 is 1.95 bits per heavy atom. The number of aryl methyl sites for hydroxylation is 2. The number of ether oxygens (including phenoxy) is 1.